The highest BCUT2D eigenvalue weighted by Crippen LogP contribution is 2.31. The normalized spacial score (nSPS) is 19.6. The minimum absolute atomic E-state index is 0.131. The van der Waals surface area contributed by atoms with Crippen LogP contribution >= 0.6 is 0 Å². The maximum absolute atomic E-state index is 12.4. The number of urea groups is 1. The Hall–Kier alpha value is -2.34. The summed E-state index contributed by atoms with van der Waals surface area (Å²) in [5.74, 6) is 0.637. The van der Waals surface area contributed by atoms with E-state index in [1.54, 1.807) is 4.68 Å². The number of hydrogen-bond acceptors (Lipinski definition) is 3. The maximum Gasteiger partial charge on any atom is 0.320 e. The highest BCUT2D eigenvalue weighted by molar-refractivity contribution is 5.88. The molecule has 6 nitrogen and oxygen atoms in total. The number of hydrogen-bond donors (Lipinski definition) is 3. The fraction of sp³-hybridized carbons (Fsp3) is 0.474. The number of benzene rings is 1. The fourth-order valence-electron chi connectivity index (χ4n) is 3.31. The van der Waals surface area contributed by atoms with Crippen LogP contribution in [0.1, 0.15) is 43.6 Å². The molecule has 2 atom stereocenters. The molecule has 2 amide bonds. The third kappa shape index (κ3) is 4.02. The predicted molar refractivity (Wildman–Crippen MR) is 97.4 cm³/mol. The molecule has 3 rings (SSSR count). The maximum atomic E-state index is 12.4. The monoisotopic (exact) mass is 342 g/mol. The standard InChI is InChI=1S/C19H26N4O2/c1-19(2,3)11-13-10-16(23(4)22-13)20-18(25)21-17-14-8-6-5-7-12(14)9-15(17)24/h5-8,10,15,17,24H,9,11H2,1-4H3,(H2,20,21,25)/t15-,17+/m1/s1. The Bertz CT molecular complexity index is 776. The number of anilines is 1. The van der Waals surface area contributed by atoms with Gasteiger partial charge in [-0.05, 0) is 23.0 Å². The number of carbonyl (C=O) groups is 1. The molecule has 2 aromatic rings. The zero-order chi connectivity index (χ0) is 18.2. The number of rotatable bonds is 3. The van der Waals surface area contributed by atoms with Crippen LogP contribution in [0, 0.1) is 5.41 Å². The van der Waals surface area contributed by atoms with Crippen molar-refractivity contribution in [2.75, 3.05) is 5.32 Å². The third-order valence-electron chi connectivity index (χ3n) is 4.37. The molecule has 0 unspecified atom stereocenters. The quantitative estimate of drug-likeness (QED) is 0.802. The second-order valence-electron chi connectivity index (χ2n) is 7.93. The Morgan fingerprint density at radius 2 is 2.08 bits per heavy atom. The lowest BCUT2D eigenvalue weighted by atomic mass is 9.91. The summed E-state index contributed by atoms with van der Waals surface area (Å²) in [6, 6.07) is 8.96. The van der Waals surface area contributed by atoms with Crippen molar-refractivity contribution < 1.29 is 9.90 Å². The summed E-state index contributed by atoms with van der Waals surface area (Å²) in [6.45, 7) is 6.46. The third-order valence-corrected chi connectivity index (χ3v) is 4.37. The average molecular weight is 342 g/mol. The van der Waals surface area contributed by atoms with Crippen LogP contribution < -0.4 is 10.6 Å². The fourth-order valence-corrected chi connectivity index (χ4v) is 3.31. The molecule has 0 bridgehead atoms. The van der Waals surface area contributed by atoms with Gasteiger partial charge in [0.1, 0.15) is 5.82 Å². The van der Waals surface area contributed by atoms with Gasteiger partial charge in [-0.2, -0.15) is 5.10 Å². The summed E-state index contributed by atoms with van der Waals surface area (Å²) in [6.07, 6.45) is 0.785. The van der Waals surface area contributed by atoms with Crippen LogP contribution in [-0.2, 0) is 19.9 Å². The summed E-state index contributed by atoms with van der Waals surface area (Å²) in [5.41, 5.74) is 3.12. The van der Waals surface area contributed by atoms with Gasteiger partial charge in [-0.15, -0.1) is 0 Å². The van der Waals surface area contributed by atoms with E-state index in [1.165, 1.54) is 0 Å². The van der Waals surface area contributed by atoms with Gasteiger partial charge in [0.2, 0.25) is 0 Å². The molecule has 0 saturated heterocycles. The largest absolute Gasteiger partial charge is 0.390 e. The molecule has 1 aliphatic rings. The number of nitrogens with zero attached hydrogens (tertiary/aromatic N) is 2. The van der Waals surface area contributed by atoms with E-state index < -0.39 is 12.1 Å². The van der Waals surface area contributed by atoms with Crippen LogP contribution in [0.15, 0.2) is 30.3 Å². The highest BCUT2D eigenvalue weighted by Gasteiger charge is 2.32. The van der Waals surface area contributed by atoms with Gasteiger partial charge in [0.05, 0.1) is 17.8 Å². The SMILES string of the molecule is Cn1nc(CC(C)(C)C)cc1NC(=O)N[C@H]1c2ccccc2C[C@H]1O. The van der Waals surface area contributed by atoms with Crippen molar-refractivity contribution in [1.29, 1.82) is 0 Å². The Morgan fingerprint density at radius 3 is 2.80 bits per heavy atom. The average Bonchev–Trinajstić information content (AvgIpc) is 2.98. The molecule has 0 spiro atoms. The molecule has 0 fully saturated rings. The number of aromatic nitrogens is 2. The Morgan fingerprint density at radius 1 is 1.36 bits per heavy atom. The van der Waals surface area contributed by atoms with E-state index in [9.17, 15) is 9.90 Å². The molecular formula is C19H26N4O2. The van der Waals surface area contributed by atoms with Gasteiger partial charge in [0.25, 0.3) is 0 Å². The van der Waals surface area contributed by atoms with Crippen LogP contribution in [0.4, 0.5) is 10.6 Å². The number of aliphatic hydroxyl groups excluding tert-OH is 1. The van der Waals surface area contributed by atoms with Gasteiger partial charge in [-0.3, -0.25) is 10.00 Å². The molecule has 1 heterocycles. The predicted octanol–water partition coefficient (Wildman–Crippen LogP) is 2.79. The lowest BCUT2D eigenvalue weighted by Crippen LogP contribution is -2.37. The van der Waals surface area contributed by atoms with E-state index in [2.05, 4.69) is 36.5 Å². The summed E-state index contributed by atoms with van der Waals surface area (Å²) < 4.78 is 1.67. The van der Waals surface area contributed by atoms with Gasteiger partial charge in [0, 0.05) is 19.5 Å². The summed E-state index contributed by atoms with van der Waals surface area (Å²) in [4.78, 5) is 12.4. The second kappa shape index (κ2) is 6.52. The lowest BCUT2D eigenvalue weighted by molar-refractivity contribution is 0.144. The first-order valence-corrected chi connectivity index (χ1v) is 8.59. The Balaban J connectivity index is 1.67. The van der Waals surface area contributed by atoms with E-state index in [4.69, 9.17) is 0 Å². The van der Waals surface area contributed by atoms with Crippen molar-refractivity contribution in [3.8, 4) is 0 Å². The van der Waals surface area contributed by atoms with E-state index in [0.29, 0.717) is 12.2 Å². The minimum Gasteiger partial charge on any atom is -0.390 e. The molecule has 25 heavy (non-hydrogen) atoms. The molecule has 1 aromatic carbocycles. The van der Waals surface area contributed by atoms with Crippen molar-refractivity contribution in [2.45, 2.75) is 45.8 Å². The van der Waals surface area contributed by atoms with E-state index in [1.807, 2.05) is 37.4 Å². The molecule has 6 heteroatoms. The molecule has 0 saturated carbocycles. The number of nitrogens with one attached hydrogen (secondary N) is 2. The summed E-state index contributed by atoms with van der Waals surface area (Å²) in [7, 11) is 1.81. The molecule has 0 aliphatic heterocycles. The number of aryl methyl sites for hydroxylation is 1. The molecular weight excluding hydrogens is 316 g/mol. The number of fused-ring (bicyclic) bond motifs is 1. The van der Waals surface area contributed by atoms with E-state index >= 15 is 0 Å². The van der Waals surface area contributed by atoms with Gasteiger partial charge in [-0.1, -0.05) is 45.0 Å². The van der Waals surface area contributed by atoms with Gasteiger partial charge in [0.15, 0.2) is 0 Å². The smallest absolute Gasteiger partial charge is 0.320 e. The van der Waals surface area contributed by atoms with E-state index in [-0.39, 0.29) is 11.4 Å². The number of aliphatic hydroxyl groups is 1. The lowest BCUT2D eigenvalue weighted by Gasteiger charge is -2.18. The first-order valence-electron chi connectivity index (χ1n) is 8.59. The van der Waals surface area contributed by atoms with Crippen molar-refractivity contribution in [1.82, 2.24) is 15.1 Å². The second-order valence-corrected chi connectivity index (χ2v) is 7.93. The summed E-state index contributed by atoms with van der Waals surface area (Å²) >= 11 is 0. The number of carbonyl (C=O) groups excluding carboxylic acids is 1. The van der Waals surface area contributed by atoms with Crippen molar-refractivity contribution >= 4 is 11.8 Å². The topological polar surface area (TPSA) is 79.2 Å². The van der Waals surface area contributed by atoms with Crippen molar-refractivity contribution in [3.63, 3.8) is 0 Å². The van der Waals surface area contributed by atoms with Crippen LogP contribution in [0.25, 0.3) is 0 Å². The summed E-state index contributed by atoms with van der Waals surface area (Å²) in [5, 5.41) is 20.4. The highest BCUT2D eigenvalue weighted by atomic mass is 16.3. The van der Waals surface area contributed by atoms with Crippen LogP contribution in [0.5, 0.6) is 0 Å². The van der Waals surface area contributed by atoms with Gasteiger partial charge < -0.3 is 10.4 Å². The number of amides is 2. The zero-order valence-electron chi connectivity index (χ0n) is 15.2. The molecule has 1 aliphatic carbocycles. The molecule has 0 radical (unpaired) electrons. The van der Waals surface area contributed by atoms with Crippen LogP contribution in [0.2, 0.25) is 0 Å². The molecule has 134 valence electrons. The van der Waals surface area contributed by atoms with Gasteiger partial charge in [-0.25, -0.2) is 4.79 Å². The van der Waals surface area contributed by atoms with Gasteiger partial charge >= 0.3 is 6.03 Å². The minimum atomic E-state index is -0.605. The zero-order valence-corrected chi connectivity index (χ0v) is 15.2. The van der Waals surface area contributed by atoms with E-state index in [0.717, 1.165) is 23.2 Å². The van der Waals surface area contributed by atoms with Crippen LogP contribution in [-0.4, -0.2) is 27.0 Å². The first kappa shape index (κ1) is 17.5. The van der Waals surface area contributed by atoms with Crippen molar-refractivity contribution in [3.05, 3.63) is 47.2 Å². The Labute approximate surface area is 148 Å². The molecule has 3 N–H and O–H groups in total. The Kier molecular flexibility index (Phi) is 4.56. The van der Waals surface area contributed by atoms with Crippen molar-refractivity contribution in [2.24, 2.45) is 12.5 Å². The first-order chi connectivity index (χ1) is 11.7. The van der Waals surface area contributed by atoms with Crippen LogP contribution in [0.3, 0.4) is 0 Å². The molecule has 1 aromatic heterocycles.